The van der Waals surface area contributed by atoms with E-state index in [1.54, 1.807) is 12.1 Å². The van der Waals surface area contributed by atoms with Crippen molar-refractivity contribution in [3.8, 4) is 0 Å². The van der Waals surface area contributed by atoms with E-state index in [1.807, 2.05) is 6.92 Å². The number of nitrogens with one attached hydrogen (secondary N) is 2. The van der Waals surface area contributed by atoms with E-state index >= 15 is 0 Å². The van der Waals surface area contributed by atoms with Gasteiger partial charge in [-0.05, 0) is 25.1 Å². The Morgan fingerprint density at radius 3 is 2.75 bits per heavy atom. The summed E-state index contributed by atoms with van der Waals surface area (Å²) in [5.74, 6) is -0.0574. The first-order chi connectivity index (χ1) is 9.32. The van der Waals surface area contributed by atoms with Crippen LogP contribution in [0.2, 0.25) is 0 Å². The fourth-order valence-electron chi connectivity index (χ4n) is 2.01. The van der Waals surface area contributed by atoms with Gasteiger partial charge in [-0.25, -0.2) is 21.6 Å². The Hall–Kier alpha value is -0.480. The van der Waals surface area contributed by atoms with Crippen LogP contribution in [-0.2, 0) is 26.4 Å². The lowest BCUT2D eigenvalue weighted by Crippen LogP contribution is -2.35. The Labute approximate surface area is 123 Å². The molecule has 1 aromatic rings. The summed E-state index contributed by atoms with van der Waals surface area (Å²) in [6.07, 6.45) is 0.344. The second-order valence-electron chi connectivity index (χ2n) is 4.72. The van der Waals surface area contributed by atoms with Gasteiger partial charge in [-0.2, -0.15) is 0 Å². The fraction of sp³-hybridized carbons (Fsp3) is 0.636. The largest absolute Gasteiger partial charge is 0.312 e. The third-order valence-corrected chi connectivity index (χ3v) is 7.87. The van der Waals surface area contributed by atoms with Crippen molar-refractivity contribution in [3.63, 3.8) is 0 Å². The first-order valence-corrected chi connectivity index (χ1v) is 10.5. The van der Waals surface area contributed by atoms with Crippen LogP contribution in [-0.4, -0.2) is 40.9 Å². The van der Waals surface area contributed by atoms with Crippen molar-refractivity contribution >= 4 is 31.2 Å². The third kappa shape index (κ3) is 4.01. The minimum atomic E-state index is -3.62. The Bertz CT molecular complexity index is 664. The first-order valence-electron chi connectivity index (χ1n) is 6.34. The predicted molar refractivity (Wildman–Crippen MR) is 79.1 cm³/mol. The normalized spacial score (nSPS) is 22.1. The molecule has 0 aliphatic carbocycles. The SMILES string of the molecule is CCNCc1ccc(S(=O)(=O)NC2CCS(=O)(=O)C2)s1. The van der Waals surface area contributed by atoms with Gasteiger partial charge in [0.25, 0.3) is 0 Å². The number of hydrogen-bond acceptors (Lipinski definition) is 6. The van der Waals surface area contributed by atoms with Crippen molar-refractivity contribution in [1.82, 2.24) is 10.0 Å². The number of hydrogen-bond donors (Lipinski definition) is 2. The molecule has 0 radical (unpaired) electrons. The zero-order valence-electron chi connectivity index (χ0n) is 11.1. The summed E-state index contributed by atoms with van der Waals surface area (Å²) in [7, 11) is -6.71. The van der Waals surface area contributed by atoms with E-state index in [4.69, 9.17) is 0 Å². The van der Waals surface area contributed by atoms with E-state index in [9.17, 15) is 16.8 Å². The second kappa shape index (κ2) is 6.10. The second-order valence-corrected chi connectivity index (χ2v) is 10.1. The average molecular weight is 338 g/mol. The van der Waals surface area contributed by atoms with E-state index in [0.29, 0.717) is 13.0 Å². The standard InChI is InChI=1S/C11H18N2O4S3/c1-2-12-7-10-3-4-11(18-10)20(16,17)13-9-5-6-19(14,15)8-9/h3-4,9,12-13H,2,5-8H2,1H3. The van der Waals surface area contributed by atoms with Gasteiger partial charge in [0.15, 0.2) is 9.84 Å². The van der Waals surface area contributed by atoms with Gasteiger partial charge in [0.2, 0.25) is 10.0 Å². The molecule has 0 aromatic carbocycles. The predicted octanol–water partition coefficient (Wildman–Crippen LogP) is 0.323. The topological polar surface area (TPSA) is 92.3 Å². The molecule has 20 heavy (non-hydrogen) atoms. The molecule has 2 heterocycles. The summed E-state index contributed by atoms with van der Waals surface area (Å²) in [5, 5.41) is 3.13. The van der Waals surface area contributed by atoms with Gasteiger partial charge in [0.05, 0.1) is 11.5 Å². The van der Waals surface area contributed by atoms with E-state index in [-0.39, 0.29) is 15.7 Å². The van der Waals surface area contributed by atoms with Crippen LogP contribution in [0.3, 0.4) is 0 Å². The highest BCUT2D eigenvalue weighted by Gasteiger charge is 2.31. The first kappa shape index (κ1) is 15.9. The molecule has 1 fully saturated rings. The van der Waals surface area contributed by atoms with Gasteiger partial charge in [-0.3, -0.25) is 0 Å². The minimum absolute atomic E-state index is 0.0519. The summed E-state index contributed by atoms with van der Waals surface area (Å²) < 4.78 is 49.7. The highest BCUT2D eigenvalue weighted by Crippen LogP contribution is 2.23. The van der Waals surface area contributed by atoms with Crippen molar-refractivity contribution in [3.05, 3.63) is 17.0 Å². The zero-order chi connectivity index (χ0) is 14.8. The van der Waals surface area contributed by atoms with Crippen LogP contribution < -0.4 is 10.0 Å². The van der Waals surface area contributed by atoms with Gasteiger partial charge in [-0.1, -0.05) is 6.92 Å². The maximum Gasteiger partial charge on any atom is 0.250 e. The molecular formula is C11H18N2O4S3. The van der Waals surface area contributed by atoms with Crippen molar-refractivity contribution in [2.75, 3.05) is 18.1 Å². The molecule has 114 valence electrons. The highest BCUT2D eigenvalue weighted by molar-refractivity contribution is 7.92. The van der Waals surface area contributed by atoms with Crippen LogP contribution in [0.4, 0.5) is 0 Å². The van der Waals surface area contributed by atoms with Crippen LogP contribution in [0.5, 0.6) is 0 Å². The molecule has 0 amide bonds. The molecule has 0 bridgehead atoms. The molecule has 1 aliphatic heterocycles. The minimum Gasteiger partial charge on any atom is -0.312 e. The van der Waals surface area contributed by atoms with Crippen molar-refractivity contribution < 1.29 is 16.8 Å². The van der Waals surface area contributed by atoms with Crippen molar-refractivity contribution in [1.29, 1.82) is 0 Å². The lowest BCUT2D eigenvalue weighted by molar-refractivity contribution is 0.564. The molecule has 1 aromatic heterocycles. The van der Waals surface area contributed by atoms with Gasteiger partial charge in [-0.15, -0.1) is 11.3 Å². The molecule has 2 rings (SSSR count). The molecule has 0 spiro atoms. The van der Waals surface area contributed by atoms with Crippen LogP contribution in [0.1, 0.15) is 18.2 Å². The van der Waals surface area contributed by atoms with Gasteiger partial charge < -0.3 is 5.32 Å². The van der Waals surface area contributed by atoms with Crippen LogP contribution in [0, 0.1) is 0 Å². The molecule has 6 nitrogen and oxygen atoms in total. The van der Waals surface area contributed by atoms with Gasteiger partial charge in [0.1, 0.15) is 4.21 Å². The molecule has 1 atom stereocenters. The van der Waals surface area contributed by atoms with E-state index < -0.39 is 25.9 Å². The number of sulfone groups is 1. The fourth-order valence-corrected chi connectivity index (χ4v) is 6.40. The molecular weight excluding hydrogens is 320 g/mol. The van der Waals surface area contributed by atoms with Gasteiger partial charge in [0, 0.05) is 17.5 Å². The van der Waals surface area contributed by atoms with Gasteiger partial charge >= 0.3 is 0 Å². The number of thiophene rings is 1. The summed E-state index contributed by atoms with van der Waals surface area (Å²) in [4.78, 5) is 0.936. The summed E-state index contributed by atoms with van der Waals surface area (Å²) in [6.45, 7) is 3.43. The van der Waals surface area contributed by atoms with E-state index in [0.717, 1.165) is 11.4 Å². The maximum atomic E-state index is 12.2. The Morgan fingerprint density at radius 1 is 1.40 bits per heavy atom. The lowest BCUT2D eigenvalue weighted by Gasteiger charge is -2.09. The summed E-state index contributed by atoms with van der Waals surface area (Å²) >= 11 is 1.20. The smallest absolute Gasteiger partial charge is 0.250 e. The van der Waals surface area contributed by atoms with Crippen LogP contribution >= 0.6 is 11.3 Å². The highest BCUT2D eigenvalue weighted by atomic mass is 32.2. The Balaban J connectivity index is 2.05. The molecule has 9 heteroatoms. The molecule has 2 N–H and O–H groups in total. The molecule has 1 saturated heterocycles. The monoisotopic (exact) mass is 338 g/mol. The number of rotatable bonds is 6. The molecule has 1 aliphatic rings. The zero-order valence-corrected chi connectivity index (χ0v) is 13.6. The van der Waals surface area contributed by atoms with Crippen LogP contribution in [0.25, 0.3) is 0 Å². The number of sulfonamides is 1. The summed E-state index contributed by atoms with van der Waals surface area (Å²) in [5.41, 5.74) is 0. The van der Waals surface area contributed by atoms with E-state index in [2.05, 4.69) is 10.0 Å². The maximum absolute atomic E-state index is 12.2. The lowest BCUT2D eigenvalue weighted by atomic mass is 10.3. The molecule has 0 saturated carbocycles. The van der Waals surface area contributed by atoms with E-state index in [1.165, 1.54) is 11.3 Å². The Kier molecular flexibility index (Phi) is 4.85. The van der Waals surface area contributed by atoms with Crippen LogP contribution in [0.15, 0.2) is 16.3 Å². The van der Waals surface area contributed by atoms with Crippen molar-refractivity contribution in [2.45, 2.75) is 30.1 Å². The Morgan fingerprint density at radius 2 is 2.15 bits per heavy atom. The quantitative estimate of drug-likeness (QED) is 0.779. The average Bonchev–Trinajstić information content (AvgIpc) is 2.93. The van der Waals surface area contributed by atoms with Crippen molar-refractivity contribution in [2.24, 2.45) is 0 Å². The third-order valence-electron chi connectivity index (χ3n) is 3.01. The molecule has 1 unspecified atom stereocenters. The summed E-state index contributed by atoms with van der Waals surface area (Å²) in [6, 6.07) is 2.82.